The van der Waals surface area contributed by atoms with Crippen molar-refractivity contribution in [2.75, 3.05) is 5.32 Å². The van der Waals surface area contributed by atoms with Crippen LogP contribution in [0.3, 0.4) is 0 Å². The Hall–Kier alpha value is -1.44. The topological polar surface area (TPSA) is 29.1 Å². The number of benzene rings is 1. The first-order valence-electron chi connectivity index (χ1n) is 4.27. The number of hydrogen-bond donors (Lipinski definition) is 1. The smallest absolute Gasteiger partial charge is 0.317 e. The van der Waals surface area contributed by atoms with Crippen LogP contribution in [0, 0.1) is 0 Å². The third kappa shape index (κ3) is 3.52. The van der Waals surface area contributed by atoms with Gasteiger partial charge in [-0.15, -0.1) is 0 Å². The van der Waals surface area contributed by atoms with E-state index in [1.165, 1.54) is 5.32 Å². The molecular weight excluding hydrogens is 288 g/mol. The number of carbonyl (C=O) groups is 1. The lowest BCUT2D eigenvalue weighted by Gasteiger charge is -2.12. The maximum absolute atomic E-state index is 12.3. The predicted molar refractivity (Wildman–Crippen MR) is 51.1 cm³/mol. The minimum absolute atomic E-state index is 0.325. The van der Waals surface area contributed by atoms with Gasteiger partial charge in [0.25, 0.3) is 0 Å². The molecule has 0 saturated heterocycles. The van der Waals surface area contributed by atoms with Gasteiger partial charge in [-0.25, -0.2) is 0 Å². The summed E-state index contributed by atoms with van der Waals surface area (Å²) in [6.07, 6.45) is -9.96. The van der Waals surface area contributed by atoms with E-state index in [4.69, 9.17) is 11.6 Å². The Morgan fingerprint density at radius 3 is 2.11 bits per heavy atom. The lowest BCUT2D eigenvalue weighted by atomic mass is 10.2. The fourth-order valence-corrected chi connectivity index (χ4v) is 1.16. The summed E-state index contributed by atoms with van der Waals surface area (Å²) in [6.45, 7) is 0. The SMILES string of the molecule is O=C(Nc1cc(C(F)(F)F)ccc1Cl)C(F)(F)F. The highest BCUT2D eigenvalue weighted by atomic mass is 35.5. The Bertz CT molecular complexity index is 467. The highest BCUT2D eigenvalue weighted by Crippen LogP contribution is 2.34. The second-order valence-electron chi connectivity index (χ2n) is 3.14. The molecule has 0 aliphatic carbocycles. The average molecular weight is 292 g/mol. The molecule has 9 heteroatoms. The summed E-state index contributed by atoms with van der Waals surface area (Å²) in [5.74, 6) is -2.40. The molecule has 1 amide bonds. The molecule has 0 aromatic heterocycles. The zero-order chi connectivity index (χ0) is 14.1. The first-order valence-corrected chi connectivity index (χ1v) is 4.64. The molecule has 0 aliphatic heterocycles. The number of nitrogens with one attached hydrogen (secondary N) is 1. The Kier molecular flexibility index (Phi) is 3.80. The van der Waals surface area contributed by atoms with E-state index in [1.54, 1.807) is 0 Å². The van der Waals surface area contributed by atoms with Gasteiger partial charge < -0.3 is 5.32 Å². The first-order chi connectivity index (χ1) is 8.01. The van der Waals surface area contributed by atoms with E-state index in [0.717, 1.165) is 6.07 Å². The van der Waals surface area contributed by atoms with E-state index < -0.39 is 34.5 Å². The van der Waals surface area contributed by atoms with Crippen molar-refractivity contribution >= 4 is 23.2 Å². The van der Waals surface area contributed by atoms with Gasteiger partial charge >= 0.3 is 18.3 Å². The van der Waals surface area contributed by atoms with Crippen LogP contribution in [0.5, 0.6) is 0 Å². The van der Waals surface area contributed by atoms with Crippen molar-refractivity contribution in [1.29, 1.82) is 0 Å². The molecule has 1 aromatic rings. The van der Waals surface area contributed by atoms with Gasteiger partial charge in [0.1, 0.15) is 0 Å². The molecule has 0 unspecified atom stereocenters. The van der Waals surface area contributed by atoms with Gasteiger partial charge in [-0.1, -0.05) is 11.6 Å². The number of hydrogen-bond acceptors (Lipinski definition) is 1. The van der Waals surface area contributed by atoms with Gasteiger partial charge in [0, 0.05) is 0 Å². The summed E-state index contributed by atoms with van der Waals surface area (Å²) in [7, 11) is 0. The molecule has 0 fully saturated rings. The summed E-state index contributed by atoms with van der Waals surface area (Å²) in [6, 6.07) is 1.66. The van der Waals surface area contributed by atoms with E-state index in [2.05, 4.69) is 0 Å². The molecule has 0 aliphatic rings. The maximum atomic E-state index is 12.3. The van der Waals surface area contributed by atoms with Gasteiger partial charge in [-0.3, -0.25) is 4.79 Å². The van der Waals surface area contributed by atoms with Crippen LogP contribution in [0.4, 0.5) is 32.0 Å². The van der Waals surface area contributed by atoms with Crippen LogP contribution < -0.4 is 5.32 Å². The van der Waals surface area contributed by atoms with Crippen molar-refractivity contribution in [1.82, 2.24) is 0 Å². The van der Waals surface area contributed by atoms with Crippen LogP contribution in [0.1, 0.15) is 5.56 Å². The first kappa shape index (κ1) is 14.6. The van der Waals surface area contributed by atoms with Gasteiger partial charge in [0.05, 0.1) is 16.3 Å². The molecule has 0 heterocycles. The van der Waals surface area contributed by atoms with Crippen molar-refractivity contribution in [3.8, 4) is 0 Å². The number of alkyl halides is 6. The summed E-state index contributed by atoms with van der Waals surface area (Å²) >= 11 is 5.39. The van der Waals surface area contributed by atoms with Gasteiger partial charge in [-0.2, -0.15) is 26.3 Å². The zero-order valence-corrected chi connectivity index (χ0v) is 9.04. The van der Waals surface area contributed by atoms with Crippen LogP contribution in [-0.2, 0) is 11.0 Å². The molecule has 100 valence electrons. The summed E-state index contributed by atoms with van der Waals surface area (Å²) in [5, 5.41) is 0.837. The van der Waals surface area contributed by atoms with Gasteiger partial charge in [0.15, 0.2) is 0 Å². The highest BCUT2D eigenvalue weighted by Gasteiger charge is 2.39. The second-order valence-corrected chi connectivity index (χ2v) is 3.55. The third-order valence-corrected chi connectivity index (χ3v) is 2.13. The summed E-state index contributed by atoms with van der Waals surface area (Å²) in [5.41, 5.74) is -1.97. The highest BCUT2D eigenvalue weighted by molar-refractivity contribution is 6.33. The second kappa shape index (κ2) is 4.68. The van der Waals surface area contributed by atoms with E-state index in [9.17, 15) is 31.1 Å². The van der Waals surface area contributed by atoms with E-state index in [-0.39, 0.29) is 0 Å². The number of amides is 1. The molecule has 0 atom stereocenters. The Labute approximate surface area is 102 Å². The van der Waals surface area contributed by atoms with Crippen LogP contribution in [0.15, 0.2) is 18.2 Å². The van der Waals surface area contributed by atoms with Crippen LogP contribution >= 0.6 is 11.6 Å². The molecule has 2 nitrogen and oxygen atoms in total. The molecule has 18 heavy (non-hydrogen) atoms. The minimum atomic E-state index is -5.21. The molecule has 0 radical (unpaired) electrons. The van der Waals surface area contributed by atoms with Crippen LogP contribution in [-0.4, -0.2) is 12.1 Å². The standard InChI is InChI=1S/C9H4ClF6NO/c10-5-2-1-4(8(11,12)13)3-6(5)17-7(18)9(14,15)16/h1-3H,(H,17,18). The Morgan fingerprint density at radius 2 is 1.67 bits per heavy atom. The van der Waals surface area contributed by atoms with Crippen molar-refractivity contribution in [2.45, 2.75) is 12.4 Å². The summed E-state index contributed by atoms with van der Waals surface area (Å²) in [4.78, 5) is 10.6. The number of rotatable bonds is 1. The minimum Gasteiger partial charge on any atom is -0.317 e. The van der Waals surface area contributed by atoms with Crippen molar-refractivity contribution in [3.05, 3.63) is 28.8 Å². The van der Waals surface area contributed by atoms with Crippen molar-refractivity contribution in [2.24, 2.45) is 0 Å². The Balaban J connectivity index is 3.06. The number of carbonyl (C=O) groups excluding carboxylic acids is 1. The number of halogens is 7. The average Bonchev–Trinajstić information content (AvgIpc) is 2.18. The van der Waals surface area contributed by atoms with E-state index in [1.807, 2.05) is 0 Å². The lowest BCUT2D eigenvalue weighted by molar-refractivity contribution is -0.167. The quantitative estimate of drug-likeness (QED) is 0.782. The van der Waals surface area contributed by atoms with Gasteiger partial charge in [0.2, 0.25) is 0 Å². The lowest BCUT2D eigenvalue weighted by Crippen LogP contribution is -2.30. The molecule has 1 aromatic carbocycles. The van der Waals surface area contributed by atoms with Crippen molar-refractivity contribution < 1.29 is 31.1 Å². The van der Waals surface area contributed by atoms with Crippen LogP contribution in [0.2, 0.25) is 5.02 Å². The molecular formula is C9H4ClF6NO. The fraction of sp³-hybridized carbons (Fsp3) is 0.222. The largest absolute Gasteiger partial charge is 0.471 e. The Morgan fingerprint density at radius 1 is 1.11 bits per heavy atom. The maximum Gasteiger partial charge on any atom is 0.471 e. The zero-order valence-electron chi connectivity index (χ0n) is 8.29. The van der Waals surface area contributed by atoms with E-state index in [0.29, 0.717) is 12.1 Å². The van der Waals surface area contributed by atoms with Gasteiger partial charge in [-0.05, 0) is 18.2 Å². The van der Waals surface area contributed by atoms with Crippen LogP contribution in [0.25, 0.3) is 0 Å². The molecule has 0 saturated carbocycles. The monoisotopic (exact) mass is 291 g/mol. The fourth-order valence-electron chi connectivity index (χ4n) is 0.991. The molecule has 0 spiro atoms. The third-order valence-electron chi connectivity index (χ3n) is 1.80. The normalized spacial score (nSPS) is 12.4. The summed E-state index contributed by atoms with van der Waals surface area (Å²) < 4.78 is 72.6. The molecule has 0 bridgehead atoms. The predicted octanol–water partition coefficient (Wildman–Crippen LogP) is 3.86. The molecule has 1 N–H and O–H groups in total. The molecule has 1 rings (SSSR count). The van der Waals surface area contributed by atoms with E-state index >= 15 is 0 Å². The number of anilines is 1. The van der Waals surface area contributed by atoms with Crippen molar-refractivity contribution in [3.63, 3.8) is 0 Å².